The molecule has 0 radical (unpaired) electrons. The highest BCUT2D eigenvalue weighted by Gasteiger charge is 2.33. The maximum absolute atomic E-state index is 11.9. The van der Waals surface area contributed by atoms with Gasteiger partial charge in [-0.15, -0.1) is 0 Å². The molecule has 1 aromatic heterocycles. The average molecular weight is 312 g/mol. The lowest BCUT2D eigenvalue weighted by Gasteiger charge is -2.02. The number of H-pyrrole nitrogens is 1. The molecule has 0 atom stereocenters. The normalized spacial score (nSPS) is 12.5. The van der Waals surface area contributed by atoms with E-state index in [1.54, 1.807) is 0 Å². The second-order valence-electron chi connectivity index (χ2n) is 4.05. The molecule has 2 heterocycles. The smallest absolute Gasteiger partial charge is 0.494 e. The fraction of sp³-hybridized carbons (Fsp3) is 0.333. The number of carbonyl (C=O) groups excluding carboxylic acids is 3. The number of aliphatic imine (C=N–C) groups is 1. The largest absolute Gasteiger partial charge is 0.508 e. The molecule has 10 nitrogen and oxygen atoms in total. The van der Waals surface area contributed by atoms with Crippen molar-refractivity contribution in [1.29, 1.82) is 0 Å². The van der Waals surface area contributed by atoms with E-state index >= 15 is 0 Å². The zero-order valence-electron chi connectivity index (χ0n) is 11.7. The van der Waals surface area contributed by atoms with Gasteiger partial charge >= 0.3 is 12.3 Å². The molecule has 22 heavy (non-hydrogen) atoms. The Hall–Kier alpha value is -3.04. The number of aromatic hydroxyl groups is 1. The van der Waals surface area contributed by atoms with Crippen molar-refractivity contribution in [1.82, 2.24) is 4.98 Å². The number of nitrogens with one attached hydrogen (secondary N) is 1. The SMILES string of the molecule is COC(=O)OCC1=NC(=O)c2c(COC(=O)OC)[nH]c(O)c21. The molecular weight excluding hydrogens is 300 g/mol. The van der Waals surface area contributed by atoms with E-state index in [2.05, 4.69) is 24.2 Å². The highest BCUT2D eigenvalue weighted by molar-refractivity contribution is 6.23. The van der Waals surface area contributed by atoms with Crippen molar-refractivity contribution in [2.75, 3.05) is 20.8 Å². The van der Waals surface area contributed by atoms with Gasteiger partial charge in [0.15, 0.2) is 5.88 Å². The second-order valence-corrected chi connectivity index (χ2v) is 4.05. The molecule has 0 unspecified atom stereocenters. The predicted molar refractivity (Wildman–Crippen MR) is 68.9 cm³/mol. The van der Waals surface area contributed by atoms with Crippen LogP contribution in [0.5, 0.6) is 5.88 Å². The number of methoxy groups -OCH3 is 2. The van der Waals surface area contributed by atoms with Crippen LogP contribution in [0.3, 0.4) is 0 Å². The number of hydrogen-bond donors (Lipinski definition) is 2. The topological polar surface area (TPSA) is 137 Å². The molecule has 118 valence electrons. The Morgan fingerprint density at radius 2 is 1.68 bits per heavy atom. The van der Waals surface area contributed by atoms with E-state index in [4.69, 9.17) is 4.74 Å². The van der Waals surface area contributed by atoms with Gasteiger partial charge in [-0.2, -0.15) is 0 Å². The predicted octanol–water partition coefficient (Wildman–Crippen LogP) is 0.729. The van der Waals surface area contributed by atoms with E-state index in [-0.39, 0.29) is 41.6 Å². The van der Waals surface area contributed by atoms with Crippen LogP contribution in [0.15, 0.2) is 4.99 Å². The highest BCUT2D eigenvalue weighted by atomic mass is 16.7. The number of rotatable bonds is 4. The molecule has 0 spiro atoms. The van der Waals surface area contributed by atoms with Gasteiger partial charge in [0.2, 0.25) is 0 Å². The van der Waals surface area contributed by atoms with Gasteiger partial charge in [0.1, 0.15) is 13.2 Å². The molecule has 2 rings (SSSR count). The number of aromatic nitrogens is 1. The van der Waals surface area contributed by atoms with Crippen LogP contribution in [-0.4, -0.2) is 54.8 Å². The first-order valence-corrected chi connectivity index (χ1v) is 5.95. The van der Waals surface area contributed by atoms with Crippen LogP contribution in [0.1, 0.15) is 21.6 Å². The summed E-state index contributed by atoms with van der Waals surface area (Å²) in [5.74, 6) is -1.00. The molecule has 1 aromatic rings. The number of aromatic amines is 1. The molecule has 0 aliphatic carbocycles. The van der Waals surface area contributed by atoms with Crippen LogP contribution in [0.2, 0.25) is 0 Å². The fourth-order valence-electron chi connectivity index (χ4n) is 1.88. The summed E-state index contributed by atoms with van der Waals surface area (Å²) in [6.45, 7) is -0.671. The Labute approximate surface area is 123 Å². The lowest BCUT2D eigenvalue weighted by molar-refractivity contribution is 0.0654. The Kier molecular flexibility index (Phi) is 4.30. The van der Waals surface area contributed by atoms with Crippen molar-refractivity contribution in [2.24, 2.45) is 4.99 Å². The fourth-order valence-corrected chi connectivity index (χ4v) is 1.88. The first-order chi connectivity index (χ1) is 10.5. The highest BCUT2D eigenvalue weighted by Crippen LogP contribution is 2.31. The molecule has 2 N–H and O–H groups in total. The average Bonchev–Trinajstić information content (AvgIpc) is 3.01. The molecule has 1 aliphatic rings. The van der Waals surface area contributed by atoms with Crippen LogP contribution in [0.4, 0.5) is 9.59 Å². The van der Waals surface area contributed by atoms with E-state index in [1.165, 1.54) is 0 Å². The van der Waals surface area contributed by atoms with E-state index < -0.39 is 18.2 Å². The van der Waals surface area contributed by atoms with Crippen LogP contribution in [0.25, 0.3) is 0 Å². The minimum Gasteiger partial charge on any atom is -0.494 e. The van der Waals surface area contributed by atoms with E-state index in [0.717, 1.165) is 14.2 Å². The van der Waals surface area contributed by atoms with E-state index in [0.29, 0.717) is 0 Å². The molecular formula is C12H12N2O8. The summed E-state index contributed by atoms with van der Waals surface area (Å²) in [5, 5.41) is 9.85. The number of fused-ring (bicyclic) bond motifs is 1. The van der Waals surface area contributed by atoms with Crippen molar-refractivity contribution in [3.05, 3.63) is 16.8 Å². The van der Waals surface area contributed by atoms with Gasteiger partial charge in [0.25, 0.3) is 5.91 Å². The maximum Gasteiger partial charge on any atom is 0.508 e. The Bertz CT molecular complexity index is 660. The van der Waals surface area contributed by atoms with E-state index in [1.807, 2.05) is 0 Å². The van der Waals surface area contributed by atoms with Crippen LogP contribution in [-0.2, 0) is 25.6 Å². The lowest BCUT2D eigenvalue weighted by atomic mass is 10.1. The van der Waals surface area contributed by atoms with Crippen molar-refractivity contribution in [3.63, 3.8) is 0 Å². The van der Waals surface area contributed by atoms with Gasteiger partial charge in [0.05, 0.1) is 36.8 Å². The molecule has 10 heteroatoms. The summed E-state index contributed by atoms with van der Waals surface area (Å²) >= 11 is 0. The van der Waals surface area contributed by atoms with Crippen LogP contribution >= 0.6 is 0 Å². The van der Waals surface area contributed by atoms with Gasteiger partial charge in [0, 0.05) is 0 Å². The molecule has 0 fully saturated rings. The van der Waals surface area contributed by atoms with Crippen LogP contribution < -0.4 is 0 Å². The Morgan fingerprint density at radius 1 is 1.09 bits per heavy atom. The second kappa shape index (κ2) is 6.16. The molecule has 1 aliphatic heterocycles. The standard InChI is InChI=1S/C12H12N2O8/c1-19-11(17)21-3-5-7-8(10(16)13-5)6(14-9(7)15)4-22-12(18)20-2/h13,16H,3-4H2,1-2H3. The summed E-state index contributed by atoms with van der Waals surface area (Å²) in [5.41, 5.74) is 0.352. The zero-order valence-corrected chi connectivity index (χ0v) is 11.7. The Morgan fingerprint density at radius 3 is 2.27 bits per heavy atom. The van der Waals surface area contributed by atoms with Gasteiger partial charge < -0.3 is 29.0 Å². The monoisotopic (exact) mass is 312 g/mol. The van der Waals surface area contributed by atoms with Gasteiger partial charge in [-0.05, 0) is 0 Å². The third-order valence-electron chi connectivity index (χ3n) is 2.79. The summed E-state index contributed by atoms with van der Waals surface area (Å²) < 4.78 is 18.0. The number of amides is 1. The molecule has 0 saturated heterocycles. The summed E-state index contributed by atoms with van der Waals surface area (Å²) in [7, 11) is 2.26. The van der Waals surface area contributed by atoms with Crippen molar-refractivity contribution >= 4 is 23.9 Å². The number of hydrogen-bond acceptors (Lipinski definition) is 8. The Balaban J connectivity index is 2.19. The van der Waals surface area contributed by atoms with E-state index in [9.17, 15) is 19.5 Å². The number of ether oxygens (including phenoxy) is 4. The van der Waals surface area contributed by atoms with Crippen LogP contribution in [0, 0.1) is 0 Å². The third-order valence-corrected chi connectivity index (χ3v) is 2.79. The van der Waals surface area contributed by atoms with Crippen molar-refractivity contribution in [3.8, 4) is 5.88 Å². The maximum atomic E-state index is 11.9. The van der Waals surface area contributed by atoms with Crippen molar-refractivity contribution < 1.29 is 38.4 Å². The molecule has 0 saturated carbocycles. The van der Waals surface area contributed by atoms with Crippen molar-refractivity contribution in [2.45, 2.75) is 6.61 Å². The first kappa shape index (κ1) is 15.4. The lowest BCUT2D eigenvalue weighted by Crippen LogP contribution is -2.13. The number of carbonyl (C=O) groups is 3. The first-order valence-electron chi connectivity index (χ1n) is 5.95. The minimum atomic E-state index is -0.951. The summed E-state index contributed by atoms with van der Waals surface area (Å²) in [6, 6.07) is 0. The number of nitrogens with zero attached hydrogens (tertiary/aromatic N) is 1. The van der Waals surface area contributed by atoms with Gasteiger partial charge in [-0.3, -0.25) is 4.79 Å². The summed E-state index contributed by atoms with van der Waals surface area (Å²) in [6.07, 6.45) is -1.89. The van der Waals surface area contributed by atoms with Gasteiger partial charge in [-0.25, -0.2) is 14.6 Å². The third kappa shape index (κ3) is 2.85. The van der Waals surface area contributed by atoms with Gasteiger partial charge in [-0.1, -0.05) is 0 Å². The molecule has 0 aromatic carbocycles. The zero-order chi connectivity index (χ0) is 16.3. The quantitative estimate of drug-likeness (QED) is 0.776. The molecule has 1 amide bonds. The minimum absolute atomic E-state index is 0.0462. The molecule has 0 bridgehead atoms. The summed E-state index contributed by atoms with van der Waals surface area (Å²) in [4.78, 5) is 39.9.